The Balaban J connectivity index is 2.06. The molecule has 0 bridgehead atoms. The Morgan fingerprint density at radius 2 is 2.00 bits per heavy atom. The van der Waals surface area contributed by atoms with Gasteiger partial charge in [-0.3, -0.25) is 0 Å². The molecule has 1 atom stereocenters. The summed E-state index contributed by atoms with van der Waals surface area (Å²) in [7, 11) is 3.68. The molecule has 1 rings (SSSR count). The lowest BCUT2D eigenvalue weighted by molar-refractivity contribution is 0.0410. The van der Waals surface area contributed by atoms with Crippen LogP contribution in [0.4, 0.5) is 0 Å². The zero-order valence-corrected chi connectivity index (χ0v) is 10.7. The van der Waals surface area contributed by atoms with E-state index in [1.807, 2.05) is 0 Å². The van der Waals surface area contributed by atoms with Crippen molar-refractivity contribution in [2.24, 2.45) is 0 Å². The van der Waals surface area contributed by atoms with Crippen LogP contribution in [0.2, 0.25) is 0 Å². The van der Waals surface area contributed by atoms with Gasteiger partial charge in [0.2, 0.25) is 0 Å². The van der Waals surface area contributed by atoms with Gasteiger partial charge in [0.1, 0.15) is 0 Å². The molecule has 0 aromatic heterocycles. The van der Waals surface area contributed by atoms with Crippen LogP contribution in [0.1, 0.15) is 19.3 Å². The minimum atomic E-state index is -0.364. The van der Waals surface area contributed by atoms with Gasteiger partial charge in [-0.1, -0.05) is 6.42 Å². The van der Waals surface area contributed by atoms with Gasteiger partial charge >= 0.3 is 0 Å². The Bertz CT molecular complexity index is 172. The van der Waals surface area contributed by atoms with Crippen molar-refractivity contribution < 1.29 is 9.84 Å². The number of nitrogens with zero attached hydrogens (tertiary/aromatic N) is 2. The Kier molecular flexibility index (Phi) is 6.96. The number of aliphatic hydroxyl groups is 1. The van der Waals surface area contributed by atoms with Crippen molar-refractivity contribution in [3.8, 4) is 0 Å². The van der Waals surface area contributed by atoms with E-state index in [1.165, 1.54) is 32.4 Å². The quantitative estimate of drug-likeness (QED) is 0.687. The zero-order chi connectivity index (χ0) is 11.8. The van der Waals surface area contributed by atoms with Gasteiger partial charge < -0.3 is 19.6 Å². The van der Waals surface area contributed by atoms with E-state index in [1.54, 1.807) is 7.11 Å². The van der Waals surface area contributed by atoms with Crippen LogP contribution in [-0.4, -0.2) is 74.5 Å². The third kappa shape index (κ3) is 5.80. The van der Waals surface area contributed by atoms with Crippen molar-refractivity contribution in [3.05, 3.63) is 0 Å². The van der Waals surface area contributed by atoms with Crippen LogP contribution < -0.4 is 0 Å². The second-order valence-corrected chi connectivity index (χ2v) is 4.77. The molecule has 1 saturated heterocycles. The molecule has 1 unspecified atom stereocenters. The molecular weight excluding hydrogens is 204 g/mol. The van der Waals surface area contributed by atoms with E-state index in [0.29, 0.717) is 13.2 Å². The summed E-state index contributed by atoms with van der Waals surface area (Å²) < 4.78 is 4.91. The summed E-state index contributed by atoms with van der Waals surface area (Å²) in [6.45, 7) is 5.76. The third-order valence-electron chi connectivity index (χ3n) is 3.13. The van der Waals surface area contributed by atoms with E-state index in [9.17, 15) is 5.11 Å². The van der Waals surface area contributed by atoms with Gasteiger partial charge in [-0.15, -0.1) is 0 Å². The first-order chi connectivity index (χ1) is 7.72. The Hall–Kier alpha value is -0.160. The minimum absolute atomic E-state index is 0.364. The first kappa shape index (κ1) is 13.9. The first-order valence-electron chi connectivity index (χ1n) is 6.30. The number of likely N-dealkylation sites (tertiary alicyclic amines) is 1. The number of aliphatic hydroxyl groups excluding tert-OH is 1. The van der Waals surface area contributed by atoms with Crippen LogP contribution in [-0.2, 0) is 4.74 Å². The lowest BCUT2D eigenvalue weighted by Gasteiger charge is -2.29. The summed E-state index contributed by atoms with van der Waals surface area (Å²) in [5, 5.41) is 9.58. The van der Waals surface area contributed by atoms with Crippen LogP contribution >= 0.6 is 0 Å². The summed E-state index contributed by atoms with van der Waals surface area (Å²) in [4.78, 5) is 4.70. The SMILES string of the molecule is COCC(O)CN(C)CCN1CCCCC1. The number of piperidine rings is 1. The van der Waals surface area contributed by atoms with Gasteiger partial charge in [0.25, 0.3) is 0 Å². The van der Waals surface area contributed by atoms with E-state index >= 15 is 0 Å². The molecule has 16 heavy (non-hydrogen) atoms. The molecule has 0 aromatic carbocycles. The molecule has 0 saturated carbocycles. The second-order valence-electron chi connectivity index (χ2n) is 4.77. The molecular formula is C12H26N2O2. The van der Waals surface area contributed by atoms with Crippen molar-refractivity contribution in [2.45, 2.75) is 25.4 Å². The van der Waals surface area contributed by atoms with Gasteiger partial charge in [0.05, 0.1) is 12.7 Å². The third-order valence-corrected chi connectivity index (χ3v) is 3.13. The summed E-state index contributed by atoms with van der Waals surface area (Å²) in [6.07, 6.45) is 3.71. The Labute approximate surface area is 99.2 Å². The predicted octanol–water partition coefficient (Wildman–Crippen LogP) is 0.411. The molecule has 0 radical (unpaired) electrons. The lowest BCUT2D eigenvalue weighted by atomic mass is 10.1. The number of rotatable bonds is 7. The number of likely N-dealkylation sites (N-methyl/N-ethyl adjacent to an activating group) is 1. The molecule has 1 aliphatic heterocycles. The summed E-state index contributed by atoms with van der Waals surface area (Å²) >= 11 is 0. The van der Waals surface area contributed by atoms with Crippen LogP contribution in [0.15, 0.2) is 0 Å². The predicted molar refractivity (Wildman–Crippen MR) is 65.7 cm³/mol. The summed E-state index contributed by atoms with van der Waals surface area (Å²) in [5.41, 5.74) is 0. The van der Waals surface area contributed by atoms with Crippen LogP contribution in [0.25, 0.3) is 0 Å². The molecule has 1 fully saturated rings. The van der Waals surface area contributed by atoms with Gasteiger partial charge in [-0.05, 0) is 33.0 Å². The Morgan fingerprint density at radius 3 is 2.62 bits per heavy atom. The average Bonchev–Trinajstić information content (AvgIpc) is 2.28. The van der Waals surface area contributed by atoms with Gasteiger partial charge in [-0.25, -0.2) is 0 Å². The van der Waals surface area contributed by atoms with E-state index in [-0.39, 0.29) is 6.10 Å². The van der Waals surface area contributed by atoms with E-state index < -0.39 is 0 Å². The van der Waals surface area contributed by atoms with E-state index in [2.05, 4.69) is 16.8 Å². The number of hydrogen-bond acceptors (Lipinski definition) is 4. The molecule has 0 aromatic rings. The second kappa shape index (κ2) is 8.01. The first-order valence-corrected chi connectivity index (χ1v) is 6.30. The molecule has 0 spiro atoms. The lowest BCUT2D eigenvalue weighted by Crippen LogP contribution is -2.39. The van der Waals surface area contributed by atoms with Gasteiger partial charge in [0, 0.05) is 26.7 Å². The van der Waals surface area contributed by atoms with Crippen molar-refractivity contribution in [1.82, 2.24) is 9.80 Å². The average molecular weight is 230 g/mol. The zero-order valence-electron chi connectivity index (χ0n) is 10.7. The molecule has 1 N–H and O–H groups in total. The minimum Gasteiger partial charge on any atom is -0.389 e. The molecule has 1 aliphatic rings. The Morgan fingerprint density at radius 1 is 1.31 bits per heavy atom. The number of methoxy groups -OCH3 is 1. The monoisotopic (exact) mass is 230 g/mol. The van der Waals surface area contributed by atoms with Crippen molar-refractivity contribution in [2.75, 3.05) is 53.5 Å². The number of ether oxygens (including phenoxy) is 1. The fourth-order valence-electron chi connectivity index (χ4n) is 2.19. The smallest absolute Gasteiger partial charge is 0.0899 e. The summed E-state index contributed by atoms with van der Waals surface area (Å²) in [5.74, 6) is 0. The van der Waals surface area contributed by atoms with Crippen molar-refractivity contribution in [3.63, 3.8) is 0 Å². The fourth-order valence-corrected chi connectivity index (χ4v) is 2.19. The van der Waals surface area contributed by atoms with Crippen LogP contribution in [0.3, 0.4) is 0 Å². The molecule has 0 aliphatic carbocycles. The highest BCUT2D eigenvalue weighted by Crippen LogP contribution is 2.07. The standard InChI is InChI=1S/C12H26N2O2/c1-13(10-12(15)11-16-2)8-9-14-6-4-3-5-7-14/h12,15H,3-11H2,1-2H3. The molecule has 1 heterocycles. The maximum absolute atomic E-state index is 9.58. The van der Waals surface area contributed by atoms with Crippen LogP contribution in [0.5, 0.6) is 0 Å². The highest BCUT2D eigenvalue weighted by molar-refractivity contribution is 4.67. The van der Waals surface area contributed by atoms with Crippen LogP contribution in [0, 0.1) is 0 Å². The molecule has 96 valence electrons. The maximum atomic E-state index is 9.58. The van der Waals surface area contributed by atoms with Gasteiger partial charge in [0.15, 0.2) is 0 Å². The largest absolute Gasteiger partial charge is 0.389 e. The van der Waals surface area contributed by atoms with E-state index in [4.69, 9.17) is 4.74 Å². The summed E-state index contributed by atoms with van der Waals surface area (Å²) in [6, 6.07) is 0. The van der Waals surface area contributed by atoms with Gasteiger partial charge in [-0.2, -0.15) is 0 Å². The normalized spacial score (nSPS) is 20.2. The van der Waals surface area contributed by atoms with Crippen molar-refractivity contribution in [1.29, 1.82) is 0 Å². The topological polar surface area (TPSA) is 35.9 Å². The molecule has 4 heteroatoms. The molecule has 0 amide bonds. The highest BCUT2D eigenvalue weighted by Gasteiger charge is 2.12. The maximum Gasteiger partial charge on any atom is 0.0899 e. The number of hydrogen-bond donors (Lipinski definition) is 1. The highest BCUT2D eigenvalue weighted by atomic mass is 16.5. The van der Waals surface area contributed by atoms with E-state index in [0.717, 1.165) is 13.1 Å². The fraction of sp³-hybridized carbons (Fsp3) is 1.00. The molecule has 4 nitrogen and oxygen atoms in total. The van der Waals surface area contributed by atoms with Crippen molar-refractivity contribution >= 4 is 0 Å².